The summed E-state index contributed by atoms with van der Waals surface area (Å²) < 4.78 is 0. The topological polar surface area (TPSA) is 55.1 Å². The first-order valence-corrected chi connectivity index (χ1v) is 6.40. The van der Waals surface area contributed by atoms with Crippen LogP contribution in [0.15, 0.2) is 18.2 Å². The van der Waals surface area contributed by atoms with Crippen LogP contribution in [0.3, 0.4) is 0 Å². The maximum atomic E-state index is 12.2. The third kappa shape index (κ3) is 3.07. The number of benzene rings is 1. The molecule has 1 aromatic rings. The van der Waals surface area contributed by atoms with Crippen molar-refractivity contribution in [1.29, 1.82) is 0 Å². The van der Waals surface area contributed by atoms with Gasteiger partial charge in [-0.15, -0.1) is 0 Å². The van der Waals surface area contributed by atoms with Crippen LogP contribution in [0.2, 0.25) is 0 Å². The van der Waals surface area contributed by atoms with Crippen LogP contribution >= 0.6 is 12.2 Å². The van der Waals surface area contributed by atoms with Gasteiger partial charge in [-0.05, 0) is 38.8 Å². The minimum atomic E-state index is -0.635. The average Bonchev–Trinajstić information content (AvgIpc) is 2.28. The Morgan fingerprint density at radius 1 is 1.44 bits per heavy atom. The van der Waals surface area contributed by atoms with Gasteiger partial charge in [0.25, 0.3) is 5.91 Å². The lowest BCUT2D eigenvalue weighted by Gasteiger charge is -2.28. The quantitative estimate of drug-likeness (QED) is 0.822. The molecule has 0 aromatic heterocycles. The molecule has 18 heavy (non-hydrogen) atoms. The molecule has 1 unspecified atom stereocenters. The van der Waals surface area contributed by atoms with Crippen molar-refractivity contribution < 1.29 is 4.79 Å². The van der Waals surface area contributed by atoms with E-state index in [1.165, 1.54) is 0 Å². The van der Waals surface area contributed by atoms with Gasteiger partial charge in [0.15, 0.2) is 0 Å². The molecule has 0 fully saturated rings. The van der Waals surface area contributed by atoms with Crippen LogP contribution in [-0.4, -0.2) is 16.4 Å². The maximum Gasteiger partial charge on any atom is 0.252 e. The minimum Gasteiger partial charge on any atom is -0.391 e. The van der Waals surface area contributed by atoms with Gasteiger partial charge in [0.05, 0.1) is 10.5 Å². The largest absolute Gasteiger partial charge is 0.391 e. The maximum absolute atomic E-state index is 12.2. The predicted molar refractivity (Wildman–Crippen MR) is 78.9 cm³/mol. The lowest BCUT2D eigenvalue weighted by Crippen LogP contribution is -2.54. The second-order valence-electron chi connectivity index (χ2n) is 4.82. The molecule has 98 valence electrons. The molecule has 1 amide bonds. The summed E-state index contributed by atoms with van der Waals surface area (Å²) >= 11 is 5.01. The van der Waals surface area contributed by atoms with Crippen molar-refractivity contribution >= 4 is 23.1 Å². The number of amides is 1. The fourth-order valence-corrected chi connectivity index (χ4v) is 1.91. The first-order valence-electron chi connectivity index (χ1n) is 6.00. The minimum absolute atomic E-state index is 0.135. The van der Waals surface area contributed by atoms with Crippen LogP contribution in [0.25, 0.3) is 0 Å². The van der Waals surface area contributed by atoms with E-state index in [9.17, 15) is 4.79 Å². The van der Waals surface area contributed by atoms with Crippen LogP contribution in [0, 0.1) is 13.8 Å². The summed E-state index contributed by atoms with van der Waals surface area (Å²) in [5.74, 6) is -0.135. The molecule has 3 nitrogen and oxygen atoms in total. The van der Waals surface area contributed by atoms with Crippen LogP contribution in [0.5, 0.6) is 0 Å². The Hall–Kier alpha value is -1.42. The van der Waals surface area contributed by atoms with Crippen LogP contribution in [-0.2, 0) is 0 Å². The van der Waals surface area contributed by atoms with Gasteiger partial charge in [-0.25, -0.2) is 0 Å². The van der Waals surface area contributed by atoms with E-state index in [-0.39, 0.29) is 5.91 Å². The summed E-state index contributed by atoms with van der Waals surface area (Å²) in [6.07, 6.45) is 0.666. The van der Waals surface area contributed by atoms with Crippen molar-refractivity contribution in [2.45, 2.75) is 39.7 Å². The van der Waals surface area contributed by atoms with Crippen LogP contribution in [0.4, 0.5) is 0 Å². The molecule has 0 spiro atoms. The van der Waals surface area contributed by atoms with Crippen LogP contribution < -0.4 is 11.1 Å². The van der Waals surface area contributed by atoms with E-state index >= 15 is 0 Å². The molecule has 1 aromatic carbocycles. The molecule has 0 bridgehead atoms. The third-order valence-electron chi connectivity index (χ3n) is 3.27. The monoisotopic (exact) mass is 264 g/mol. The third-order valence-corrected chi connectivity index (χ3v) is 3.72. The zero-order valence-corrected chi connectivity index (χ0v) is 12.1. The fourth-order valence-electron chi connectivity index (χ4n) is 1.71. The molecule has 1 rings (SSSR count). The van der Waals surface area contributed by atoms with Crippen molar-refractivity contribution in [2.24, 2.45) is 5.73 Å². The number of hydrogen-bond donors (Lipinski definition) is 2. The van der Waals surface area contributed by atoms with E-state index in [0.717, 1.165) is 11.1 Å². The Bertz CT molecular complexity index is 485. The van der Waals surface area contributed by atoms with Gasteiger partial charge in [-0.2, -0.15) is 0 Å². The highest BCUT2D eigenvalue weighted by Gasteiger charge is 2.28. The Morgan fingerprint density at radius 2 is 2.06 bits per heavy atom. The number of hydrogen-bond acceptors (Lipinski definition) is 2. The summed E-state index contributed by atoms with van der Waals surface area (Å²) in [5.41, 5.74) is 7.80. The first kappa shape index (κ1) is 14.6. The molecule has 0 aliphatic heterocycles. The van der Waals surface area contributed by atoms with Crippen molar-refractivity contribution in [3.8, 4) is 0 Å². The number of carbonyl (C=O) groups is 1. The number of carbonyl (C=O) groups excluding carboxylic acids is 1. The molecule has 0 heterocycles. The SMILES string of the molecule is CCC(C)(NC(=O)c1ccc(C)cc1C)C(N)=S. The molecule has 0 saturated carbocycles. The highest BCUT2D eigenvalue weighted by atomic mass is 32.1. The lowest BCUT2D eigenvalue weighted by atomic mass is 9.97. The summed E-state index contributed by atoms with van der Waals surface area (Å²) in [6.45, 7) is 7.71. The van der Waals surface area contributed by atoms with Gasteiger partial charge >= 0.3 is 0 Å². The van der Waals surface area contributed by atoms with E-state index < -0.39 is 5.54 Å². The van der Waals surface area contributed by atoms with E-state index in [1.807, 2.05) is 45.9 Å². The summed E-state index contributed by atoms with van der Waals surface area (Å²) in [7, 11) is 0. The second-order valence-corrected chi connectivity index (χ2v) is 5.26. The molecular formula is C14H20N2OS. The number of nitrogens with two attached hydrogens (primary N) is 1. The Morgan fingerprint density at radius 3 is 2.50 bits per heavy atom. The zero-order valence-electron chi connectivity index (χ0n) is 11.3. The highest BCUT2D eigenvalue weighted by molar-refractivity contribution is 7.80. The van der Waals surface area contributed by atoms with Crippen molar-refractivity contribution in [2.75, 3.05) is 0 Å². The molecule has 3 N–H and O–H groups in total. The van der Waals surface area contributed by atoms with Gasteiger partial charge in [-0.3, -0.25) is 4.79 Å². The van der Waals surface area contributed by atoms with E-state index in [0.29, 0.717) is 17.0 Å². The molecule has 4 heteroatoms. The summed E-state index contributed by atoms with van der Waals surface area (Å²) in [4.78, 5) is 12.5. The van der Waals surface area contributed by atoms with Gasteiger partial charge in [0, 0.05) is 5.56 Å². The van der Waals surface area contributed by atoms with Crippen LogP contribution in [0.1, 0.15) is 41.8 Å². The van der Waals surface area contributed by atoms with Crippen molar-refractivity contribution in [1.82, 2.24) is 5.32 Å². The molecule has 0 radical (unpaired) electrons. The van der Waals surface area contributed by atoms with Gasteiger partial charge < -0.3 is 11.1 Å². The highest BCUT2D eigenvalue weighted by Crippen LogP contribution is 2.14. The van der Waals surface area contributed by atoms with Gasteiger partial charge in [0.1, 0.15) is 0 Å². The fraction of sp³-hybridized carbons (Fsp3) is 0.429. The average molecular weight is 264 g/mol. The molecular weight excluding hydrogens is 244 g/mol. The van der Waals surface area contributed by atoms with Crippen molar-refractivity contribution in [3.05, 3.63) is 34.9 Å². The zero-order chi connectivity index (χ0) is 13.9. The molecule has 0 aliphatic carbocycles. The molecule has 0 saturated heterocycles. The smallest absolute Gasteiger partial charge is 0.252 e. The van der Waals surface area contributed by atoms with E-state index in [2.05, 4.69) is 5.32 Å². The molecule has 0 aliphatic rings. The number of nitrogens with one attached hydrogen (secondary N) is 1. The standard InChI is InChI=1S/C14H20N2OS/c1-5-14(4,13(15)18)16-12(17)11-7-6-9(2)8-10(11)3/h6-8H,5H2,1-4H3,(H2,15,18)(H,16,17). The van der Waals surface area contributed by atoms with Gasteiger partial charge in [-0.1, -0.05) is 36.8 Å². The summed E-state index contributed by atoms with van der Waals surface area (Å²) in [5, 5.41) is 2.91. The van der Waals surface area contributed by atoms with Crippen molar-refractivity contribution in [3.63, 3.8) is 0 Å². The van der Waals surface area contributed by atoms with Gasteiger partial charge in [0.2, 0.25) is 0 Å². The second kappa shape index (κ2) is 5.48. The number of thiocarbonyl (C=S) groups is 1. The Kier molecular flexibility index (Phi) is 4.46. The normalized spacial score (nSPS) is 13.8. The number of aryl methyl sites for hydroxylation is 2. The number of rotatable bonds is 4. The summed E-state index contributed by atoms with van der Waals surface area (Å²) in [6, 6.07) is 5.74. The lowest BCUT2D eigenvalue weighted by molar-refractivity contribution is 0.0926. The van der Waals surface area contributed by atoms with E-state index in [4.69, 9.17) is 18.0 Å². The van der Waals surface area contributed by atoms with E-state index in [1.54, 1.807) is 0 Å². The first-order chi connectivity index (χ1) is 8.30. The molecule has 1 atom stereocenters. The Labute approximate surface area is 114 Å². The predicted octanol–water partition coefficient (Wildman–Crippen LogP) is 2.49. The Balaban J connectivity index is 2.98.